The van der Waals surface area contributed by atoms with Crippen LogP contribution in [0.15, 0.2) is 65.7 Å². The van der Waals surface area contributed by atoms with Crippen LogP contribution in [0.25, 0.3) is 0 Å². The topological polar surface area (TPSA) is 38.4 Å². The van der Waals surface area contributed by atoms with E-state index in [1.807, 2.05) is 0 Å². The summed E-state index contributed by atoms with van der Waals surface area (Å²) >= 11 is 0. The second-order valence-corrected chi connectivity index (χ2v) is 6.50. The zero-order valence-electron chi connectivity index (χ0n) is 13.7. The Morgan fingerprint density at radius 3 is 2.17 bits per heavy atom. The van der Waals surface area contributed by atoms with Crippen LogP contribution in [-0.2, 0) is 6.42 Å². The zero-order chi connectivity index (χ0) is 15.9. The molecule has 1 aliphatic rings. The molecule has 2 heteroatoms. The van der Waals surface area contributed by atoms with Crippen LogP contribution in [0, 0.1) is 0 Å². The number of hydrogen-bond donors (Lipinski definition) is 1. The Bertz CT molecular complexity index is 613. The summed E-state index contributed by atoms with van der Waals surface area (Å²) < 4.78 is 0. The van der Waals surface area contributed by atoms with E-state index in [2.05, 4.69) is 60.7 Å². The van der Waals surface area contributed by atoms with Crippen LogP contribution in [0.2, 0.25) is 0 Å². The maximum absolute atomic E-state index is 6.48. The maximum atomic E-state index is 6.48. The molecule has 120 valence electrons. The number of rotatable bonds is 5. The van der Waals surface area contributed by atoms with Crippen molar-refractivity contribution in [2.75, 3.05) is 0 Å². The van der Waals surface area contributed by atoms with E-state index in [0.717, 1.165) is 12.3 Å². The van der Waals surface area contributed by atoms with Gasteiger partial charge in [-0.2, -0.15) is 0 Å². The van der Waals surface area contributed by atoms with E-state index in [9.17, 15) is 0 Å². The normalized spacial score (nSPS) is 17.8. The highest BCUT2D eigenvalue weighted by Crippen LogP contribution is 2.25. The Balaban J connectivity index is 1.83. The maximum Gasteiger partial charge on any atom is 0.102 e. The molecule has 0 heterocycles. The fourth-order valence-electron chi connectivity index (χ4n) is 3.44. The summed E-state index contributed by atoms with van der Waals surface area (Å²) in [5.74, 6) is 0.965. The van der Waals surface area contributed by atoms with Crippen LogP contribution in [0.4, 0.5) is 0 Å². The second-order valence-electron chi connectivity index (χ2n) is 6.50. The summed E-state index contributed by atoms with van der Waals surface area (Å²) in [6.45, 7) is 0. The molecule has 0 radical (unpaired) electrons. The van der Waals surface area contributed by atoms with Crippen molar-refractivity contribution in [3.63, 3.8) is 0 Å². The van der Waals surface area contributed by atoms with Gasteiger partial charge in [0.25, 0.3) is 0 Å². The van der Waals surface area contributed by atoms with Crippen LogP contribution in [0.3, 0.4) is 0 Å². The number of aliphatic imine (C=N–C) groups is 1. The van der Waals surface area contributed by atoms with E-state index in [1.54, 1.807) is 0 Å². The summed E-state index contributed by atoms with van der Waals surface area (Å²) in [4.78, 5) is 4.90. The zero-order valence-corrected chi connectivity index (χ0v) is 13.7. The third kappa shape index (κ3) is 4.44. The minimum absolute atomic E-state index is 0.167. The molecule has 1 fully saturated rings. The standard InChI is InChI=1S/C21H26N2/c22-21(23-19-14-8-3-9-15-19)20(18-12-6-2-7-13-18)16-17-10-4-1-5-11-17/h1-2,4-7,10-13,19-20H,3,8-9,14-16H2,(H2,22,23)/t20-/m0/s1. The third-order valence-electron chi connectivity index (χ3n) is 4.75. The highest BCUT2D eigenvalue weighted by atomic mass is 14.9. The Hall–Kier alpha value is -2.09. The van der Waals surface area contributed by atoms with E-state index in [0.29, 0.717) is 6.04 Å². The SMILES string of the molecule is NC(=NC1CCCCC1)[C@@H](Cc1ccccc1)c1ccccc1. The molecule has 0 saturated heterocycles. The van der Waals surface area contributed by atoms with Gasteiger partial charge in [0.1, 0.15) is 5.84 Å². The van der Waals surface area contributed by atoms with Crippen molar-refractivity contribution >= 4 is 5.84 Å². The first-order chi connectivity index (χ1) is 11.3. The van der Waals surface area contributed by atoms with Gasteiger partial charge in [-0.3, -0.25) is 4.99 Å². The minimum Gasteiger partial charge on any atom is -0.387 e. The lowest BCUT2D eigenvalue weighted by atomic mass is 9.90. The van der Waals surface area contributed by atoms with Gasteiger partial charge in [0.05, 0.1) is 6.04 Å². The van der Waals surface area contributed by atoms with Crippen LogP contribution in [-0.4, -0.2) is 11.9 Å². The smallest absolute Gasteiger partial charge is 0.102 e. The van der Waals surface area contributed by atoms with Crippen molar-refractivity contribution in [3.05, 3.63) is 71.8 Å². The Labute approximate surface area is 139 Å². The van der Waals surface area contributed by atoms with Crippen molar-refractivity contribution in [2.45, 2.75) is 50.5 Å². The second kappa shape index (κ2) is 7.96. The number of amidine groups is 1. The van der Waals surface area contributed by atoms with Crippen molar-refractivity contribution in [3.8, 4) is 0 Å². The average molecular weight is 306 g/mol. The predicted octanol–water partition coefficient (Wildman–Crippen LogP) is 4.70. The van der Waals surface area contributed by atoms with E-state index in [-0.39, 0.29) is 5.92 Å². The number of nitrogens with two attached hydrogens (primary N) is 1. The van der Waals surface area contributed by atoms with Crippen LogP contribution < -0.4 is 5.73 Å². The minimum atomic E-state index is 0.167. The Kier molecular flexibility index (Phi) is 5.46. The third-order valence-corrected chi connectivity index (χ3v) is 4.75. The fraction of sp³-hybridized carbons (Fsp3) is 0.381. The summed E-state index contributed by atoms with van der Waals surface area (Å²) in [6, 6.07) is 21.5. The molecule has 0 amide bonds. The van der Waals surface area contributed by atoms with Gasteiger partial charge < -0.3 is 5.73 Å². The molecule has 1 aliphatic carbocycles. The Morgan fingerprint density at radius 1 is 0.913 bits per heavy atom. The summed E-state index contributed by atoms with van der Waals surface area (Å²) in [6.07, 6.45) is 7.21. The molecular weight excluding hydrogens is 280 g/mol. The van der Waals surface area contributed by atoms with E-state index in [4.69, 9.17) is 10.7 Å². The molecule has 0 unspecified atom stereocenters. The summed E-state index contributed by atoms with van der Waals surface area (Å²) in [5.41, 5.74) is 9.04. The molecule has 3 rings (SSSR count). The molecule has 0 spiro atoms. The van der Waals surface area contributed by atoms with E-state index in [1.165, 1.54) is 43.2 Å². The van der Waals surface area contributed by atoms with Gasteiger partial charge in [-0.05, 0) is 30.4 Å². The van der Waals surface area contributed by atoms with E-state index < -0.39 is 0 Å². The first-order valence-electron chi connectivity index (χ1n) is 8.75. The lowest BCUT2D eigenvalue weighted by Gasteiger charge is -2.22. The van der Waals surface area contributed by atoms with Gasteiger partial charge in [-0.1, -0.05) is 79.9 Å². The molecule has 0 aliphatic heterocycles. The first-order valence-corrected chi connectivity index (χ1v) is 8.75. The lowest BCUT2D eigenvalue weighted by Crippen LogP contribution is -2.27. The van der Waals surface area contributed by atoms with Gasteiger partial charge in [-0.15, -0.1) is 0 Å². The van der Waals surface area contributed by atoms with E-state index >= 15 is 0 Å². The number of nitrogens with zero attached hydrogens (tertiary/aromatic N) is 1. The largest absolute Gasteiger partial charge is 0.387 e. The predicted molar refractivity (Wildman–Crippen MR) is 97.8 cm³/mol. The highest BCUT2D eigenvalue weighted by molar-refractivity contribution is 5.88. The molecule has 2 aromatic carbocycles. The fourth-order valence-corrected chi connectivity index (χ4v) is 3.44. The van der Waals surface area contributed by atoms with Crippen LogP contribution >= 0.6 is 0 Å². The van der Waals surface area contributed by atoms with Crippen LogP contribution in [0.5, 0.6) is 0 Å². The number of hydrogen-bond acceptors (Lipinski definition) is 1. The molecule has 1 atom stereocenters. The first kappa shape index (κ1) is 15.8. The van der Waals surface area contributed by atoms with Gasteiger partial charge >= 0.3 is 0 Å². The molecule has 0 aromatic heterocycles. The van der Waals surface area contributed by atoms with Crippen LogP contribution in [0.1, 0.15) is 49.1 Å². The summed E-state index contributed by atoms with van der Waals surface area (Å²) in [5, 5.41) is 0. The molecular formula is C21H26N2. The Morgan fingerprint density at radius 2 is 1.52 bits per heavy atom. The quantitative estimate of drug-likeness (QED) is 0.631. The van der Waals surface area contributed by atoms with Crippen molar-refractivity contribution in [2.24, 2.45) is 10.7 Å². The van der Waals surface area contributed by atoms with Gasteiger partial charge in [-0.25, -0.2) is 0 Å². The van der Waals surface area contributed by atoms with Crippen molar-refractivity contribution in [1.82, 2.24) is 0 Å². The lowest BCUT2D eigenvalue weighted by molar-refractivity contribution is 0.442. The molecule has 2 aromatic rings. The van der Waals surface area contributed by atoms with Gasteiger partial charge in [0, 0.05) is 5.92 Å². The van der Waals surface area contributed by atoms with Gasteiger partial charge in [0.2, 0.25) is 0 Å². The van der Waals surface area contributed by atoms with Crippen molar-refractivity contribution < 1.29 is 0 Å². The molecule has 2 N–H and O–H groups in total. The molecule has 2 nitrogen and oxygen atoms in total. The van der Waals surface area contributed by atoms with Gasteiger partial charge in [0.15, 0.2) is 0 Å². The average Bonchev–Trinajstić information content (AvgIpc) is 2.62. The monoisotopic (exact) mass is 306 g/mol. The number of benzene rings is 2. The molecule has 1 saturated carbocycles. The molecule has 0 bridgehead atoms. The summed E-state index contributed by atoms with van der Waals surface area (Å²) in [7, 11) is 0. The highest BCUT2D eigenvalue weighted by Gasteiger charge is 2.19. The molecule has 23 heavy (non-hydrogen) atoms. The van der Waals surface area contributed by atoms with Crippen molar-refractivity contribution in [1.29, 1.82) is 0 Å².